The van der Waals surface area contributed by atoms with E-state index >= 15 is 0 Å². The van der Waals surface area contributed by atoms with Gasteiger partial charge >= 0.3 is 5.97 Å². The molecule has 0 radical (unpaired) electrons. The predicted molar refractivity (Wildman–Crippen MR) is 97.5 cm³/mol. The standard InChI is InChI=1S/C19H19BrN2O2/c1-13(23)24-22-18(15-9-11-16(20)12-10-15)21-17(19(22,2)3)14-7-5-4-6-8-14/h4-12,18H,1-3H3. The quantitative estimate of drug-likeness (QED) is 0.778. The molecule has 24 heavy (non-hydrogen) atoms. The van der Waals surface area contributed by atoms with E-state index in [0.29, 0.717) is 0 Å². The highest BCUT2D eigenvalue weighted by Crippen LogP contribution is 2.39. The van der Waals surface area contributed by atoms with Crippen molar-refractivity contribution in [3.05, 3.63) is 70.2 Å². The molecule has 0 aliphatic carbocycles. The van der Waals surface area contributed by atoms with Crippen LogP contribution in [-0.2, 0) is 9.63 Å². The Morgan fingerprint density at radius 1 is 1.12 bits per heavy atom. The zero-order valence-electron chi connectivity index (χ0n) is 13.9. The number of aliphatic imine (C=N–C) groups is 1. The number of hydroxylamine groups is 2. The van der Waals surface area contributed by atoms with Crippen molar-refractivity contribution in [1.29, 1.82) is 0 Å². The van der Waals surface area contributed by atoms with Crippen LogP contribution in [-0.4, -0.2) is 22.3 Å². The number of hydrogen-bond donors (Lipinski definition) is 0. The van der Waals surface area contributed by atoms with E-state index in [1.807, 2.05) is 68.4 Å². The van der Waals surface area contributed by atoms with Gasteiger partial charge in [0.2, 0.25) is 0 Å². The first-order valence-corrected chi connectivity index (χ1v) is 8.56. The molecule has 1 unspecified atom stereocenters. The van der Waals surface area contributed by atoms with Crippen LogP contribution in [0.4, 0.5) is 0 Å². The fourth-order valence-corrected chi connectivity index (χ4v) is 3.18. The smallest absolute Gasteiger partial charge is 0.322 e. The Morgan fingerprint density at radius 3 is 2.33 bits per heavy atom. The molecule has 2 aromatic carbocycles. The van der Waals surface area contributed by atoms with Gasteiger partial charge in [-0.05, 0) is 37.1 Å². The molecule has 0 aromatic heterocycles. The minimum atomic E-state index is -0.537. The molecular weight excluding hydrogens is 368 g/mol. The zero-order chi connectivity index (χ0) is 17.3. The average Bonchev–Trinajstić information content (AvgIpc) is 2.80. The Hall–Kier alpha value is -1.98. The van der Waals surface area contributed by atoms with Gasteiger partial charge in [0.05, 0.1) is 11.3 Å². The third kappa shape index (κ3) is 3.14. The molecule has 3 rings (SSSR count). The van der Waals surface area contributed by atoms with Crippen LogP contribution < -0.4 is 0 Å². The van der Waals surface area contributed by atoms with Crippen LogP contribution in [0.5, 0.6) is 0 Å². The molecule has 5 heteroatoms. The Kier molecular flexibility index (Phi) is 4.56. The number of rotatable bonds is 3. The molecule has 0 amide bonds. The van der Waals surface area contributed by atoms with Gasteiger partial charge in [-0.25, -0.2) is 0 Å². The van der Waals surface area contributed by atoms with Crippen molar-refractivity contribution in [2.45, 2.75) is 32.5 Å². The van der Waals surface area contributed by atoms with Crippen molar-refractivity contribution in [2.75, 3.05) is 0 Å². The normalized spacial score (nSPS) is 19.8. The predicted octanol–water partition coefficient (Wildman–Crippen LogP) is 4.51. The molecule has 0 fully saturated rings. The number of benzene rings is 2. The second-order valence-electron chi connectivity index (χ2n) is 6.24. The van der Waals surface area contributed by atoms with Crippen LogP contribution in [0.1, 0.15) is 38.1 Å². The molecule has 0 saturated carbocycles. The number of carbonyl (C=O) groups is 1. The van der Waals surface area contributed by atoms with Crippen molar-refractivity contribution < 1.29 is 9.63 Å². The minimum absolute atomic E-state index is 0.352. The summed E-state index contributed by atoms with van der Waals surface area (Å²) in [5, 5.41) is 1.68. The largest absolute Gasteiger partial charge is 0.365 e. The molecule has 2 aromatic rings. The summed E-state index contributed by atoms with van der Waals surface area (Å²) in [4.78, 5) is 22.1. The van der Waals surface area contributed by atoms with Crippen LogP contribution in [0.25, 0.3) is 0 Å². The molecule has 0 N–H and O–H groups in total. The molecule has 1 heterocycles. The van der Waals surface area contributed by atoms with Crippen LogP contribution in [0.15, 0.2) is 64.1 Å². The van der Waals surface area contributed by atoms with Gasteiger partial charge in [-0.15, -0.1) is 0 Å². The van der Waals surface area contributed by atoms with E-state index in [2.05, 4.69) is 15.9 Å². The molecule has 1 aliphatic heterocycles. The second kappa shape index (κ2) is 6.49. The van der Waals surface area contributed by atoms with Gasteiger partial charge in [0.1, 0.15) is 0 Å². The monoisotopic (exact) mass is 386 g/mol. The van der Waals surface area contributed by atoms with Crippen LogP contribution in [0.3, 0.4) is 0 Å². The van der Waals surface area contributed by atoms with Gasteiger partial charge < -0.3 is 4.84 Å². The summed E-state index contributed by atoms with van der Waals surface area (Å²) < 4.78 is 0.995. The summed E-state index contributed by atoms with van der Waals surface area (Å²) in [5.74, 6) is -0.352. The van der Waals surface area contributed by atoms with E-state index in [4.69, 9.17) is 9.83 Å². The van der Waals surface area contributed by atoms with E-state index in [-0.39, 0.29) is 12.1 Å². The van der Waals surface area contributed by atoms with E-state index < -0.39 is 5.54 Å². The highest BCUT2D eigenvalue weighted by molar-refractivity contribution is 9.10. The highest BCUT2D eigenvalue weighted by Gasteiger charge is 2.46. The fourth-order valence-electron chi connectivity index (χ4n) is 2.91. The Labute approximate surface area is 150 Å². The molecule has 0 bridgehead atoms. The topological polar surface area (TPSA) is 41.9 Å². The lowest BCUT2D eigenvalue weighted by Gasteiger charge is -2.33. The summed E-state index contributed by atoms with van der Waals surface area (Å²) in [6, 6.07) is 17.9. The number of nitrogens with zero attached hydrogens (tertiary/aromatic N) is 2. The lowest BCUT2D eigenvalue weighted by molar-refractivity contribution is -0.214. The maximum atomic E-state index is 11.6. The average molecular weight is 387 g/mol. The summed E-state index contributed by atoms with van der Waals surface area (Å²) in [5.41, 5.74) is 2.36. The van der Waals surface area contributed by atoms with Crippen LogP contribution >= 0.6 is 15.9 Å². The highest BCUT2D eigenvalue weighted by atomic mass is 79.9. The molecule has 0 saturated heterocycles. The maximum absolute atomic E-state index is 11.6. The van der Waals surface area contributed by atoms with Crippen molar-refractivity contribution in [3.63, 3.8) is 0 Å². The van der Waals surface area contributed by atoms with Crippen molar-refractivity contribution in [2.24, 2.45) is 4.99 Å². The lowest BCUT2D eigenvalue weighted by atomic mass is 9.93. The summed E-state index contributed by atoms with van der Waals surface area (Å²) >= 11 is 3.45. The first kappa shape index (κ1) is 16.9. The third-order valence-electron chi connectivity index (χ3n) is 4.05. The summed E-state index contributed by atoms with van der Waals surface area (Å²) in [7, 11) is 0. The minimum Gasteiger partial charge on any atom is -0.365 e. The maximum Gasteiger partial charge on any atom is 0.322 e. The SMILES string of the molecule is CC(=O)ON1C(c2ccc(Br)cc2)N=C(c2ccccc2)C1(C)C. The van der Waals surface area contributed by atoms with Gasteiger partial charge in [-0.3, -0.25) is 9.79 Å². The summed E-state index contributed by atoms with van der Waals surface area (Å²) in [6.45, 7) is 5.44. The lowest BCUT2D eigenvalue weighted by Crippen LogP contribution is -2.47. The zero-order valence-corrected chi connectivity index (χ0v) is 15.4. The van der Waals surface area contributed by atoms with E-state index in [1.54, 1.807) is 5.06 Å². The van der Waals surface area contributed by atoms with Crippen LogP contribution in [0.2, 0.25) is 0 Å². The molecule has 1 aliphatic rings. The van der Waals surface area contributed by atoms with Gasteiger partial charge in [0, 0.05) is 11.4 Å². The van der Waals surface area contributed by atoms with Gasteiger partial charge in [-0.2, -0.15) is 0 Å². The first-order chi connectivity index (χ1) is 11.4. The molecular formula is C19H19BrN2O2. The number of halogens is 1. The third-order valence-corrected chi connectivity index (χ3v) is 4.57. The van der Waals surface area contributed by atoms with Crippen molar-refractivity contribution in [3.8, 4) is 0 Å². The Morgan fingerprint density at radius 2 is 1.75 bits per heavy atom. The molecule has 4 nitrogen and oxygen atoms in total. The molecule has 0 spiro atoms. The first-order valence-electron chi connectivity index (χ1n) is 7.76. The van der Waals surface area contributed by atoms with Gasteiger partial charge in [0.15, 0.2) is 6.17 Å². The van der Waals surface area contributed by atoms with Gasteiger partial charge in [0.25, 0.3) is 0 Å². The van der Waals surface area contributed by atoms with Crippen molar-refractivity contribution >= 4 is 27.6 Å². The molecule has 1 atom stereocenters. The van der Waals surface area contributed by atoms with E-state index in [9.17, 15) is 4.79 Å². The van der Waals surface area contributed by atoms with Crippen LogP contribution in [0, 0.1) is 0 Å². The molecule has 124 valence electrons. The van der Waals surface area contributed by atoms with Gasteiger partial charge in [-0.1, -0.05) is 63.5 Å². The van der Waals surface area contributed by atoms with Crippen molar-refractivity contribution in [1.82, 2.24) is 5.06 Å². The Bertz CT molecular complexity index is 770. The fraction of sp³-hybridized carbons (Fsp3) is 0.263. The number of hydrogen-bond acceptors (Lipinski definition) is 4. The second-order valence-corrected chi connectivity index (χ2v) is 7.15. The number of carbonyl (C=O) groups excluding carboxylic acids is 1. The Balaban J connectivity index is 2.08. The van der Waals surface area contributed by atoms with E-state index in [0.717, 1.165) is 21.3 Å². The summed E-state index contributed by atoms with van der Waals surface area (Å²) in [6.07, 6.45) is -0.368. The van der Waals surface area contributed by atoms with E-state index in [1.165, 1.54) is 6.92 Å².